The van der Waals surface area contributed by atoms with Crippen LogP contribution in [0.3, 0.4) is 0 Å². The van der Waals surface area contributed by atoms with E-state index in [-0.39, 0.29) is 23.9 Å². The van der Waals surface area contributed by atoms with Gasteiger partial charge in [0.15, 0.2) is 11.9 Å². The highest BCUT2D eigenvalue weighted by Crippen LogP contribution is 2.33. The molecule has 8 heteroatoms. The van der Waals surface area contributed by atoms with Crippen LogP contribution in [0.25, 0.3) is 0 Å². The van der Waals surface area contributed by atoms with Crippen molar-refractivity contribution in [1.29, 1.82) is 0 Å². The third kappa shape index (κ3) is 2.37. The van der Waals surface area contributed by atoms with E-state index < -0.39 is 22.8 Å². The molecule has 1 aromatic heterocycles. The van der Waals surface area contributed by atoms with Gasteiger partial charge in [-0.05, 0) is 29.8 Å². The van der Waals surface area contributed by atoms with E-state index in [4.69, 9.17) is 4.74 Å². The van der Waals surface area contributed by atoms with Gasteiger partial charge in [-0.2, -0.15) is 0 Å². The van der Waals surface area contributed by atoms with E-state index >= 15 is 0 Å². The Bertz CT molecular complexity index is 571. The van der Waals surface area contributed by atoms with Crippen LogP contribution < -0.4 is 9.64 Å². The van der Waals surface area contributed by atoms with Gasteiger partial charge in [0.05, 0.1) is 6.54 Å². The molecule has 0 aliphatic carbocycles. The van der Waals surface area contributed by atoms with E-state index in [1.807, 2.05) is 0 Å². The molecule has 1 aliphatic rings. The SMILES string of the molecule is CC(=O)CN1C(=O)C(C)Oc2ccc([N+](=O)[O-])nc21. The molecule has 1 aliphatic heterocycles. The Morgan fingerprint density at radius 1 is 1.58 bits per heavy atom. The van der Waals surface area contributed by atoms with Crippen LogP contribution in [0.4, 0.5) is 11.6 Å². The van der Waals surface area contributed by atoms with E-state index in [9.17, 15) is 19.7 Å². The maximum atomic E-state index is 11.9. The van der Waals surface area contributed by atoms with Crippen molar-refractivity contribution in [3.63, 3.8) is 0 Å². The van der Waals surface area contributed by atoms with Gasteiger partial charge in [0.1, 0.15) is 5.78 Å². The lowest BCUT2D eigenvalue weighted by Gasteiger charge is -2.28. The molecule has 1 unspecified atom stereocenters. The van der Waals surface area contributed by atoms with Gasteiger partial charge in [0.2, 0.25) is 0 Å². The number of ether oxygens (including phenoxy) is 1. The van der Waals surface area contributed by atoms with Crippen LogP contribution in [-0.2, 0) is 9.59 Å². The number of pyridine rings is 1. The second-order valence-corrected chi connectivity index (χ2v) is 4.13. The average Bonchev–Trinajstić information content (AvgIpc) is 2.34. The molecule has 0 spiro atoms. The molecule has 1 atom stereocenters. The number of rotatable bonds is 3. The molecule has 1 amide bonds. The van der Waals surface area contributed by atoms with E-state index in [1.54, 1.807) is 6.92 Å². The topological polar surface area (TPSA) is 103 Å². The highest BCUT2D eigenvalue weighted by atomic mass is 16.6. The number of fused-ring (bicyclic) bond motifs is 1. The fourth-order valence-corrected chi connectivity index (χ4v) is 1.75. The van der Waals surface area contributed by atoms with Crippen molar-refractivity contribution < 1.29 is 19.2 Å². The summed E-state index contributed by atoms with van der Waals surface area (Å²) in [4.78, 5) is 38.0. The van der Waals surface area contributed by atoms with Crippen molar-refractivity contribution in [2.75, 3.05) is 11.4 Å². The number of nitro groups is 1. The number of hydrogen-bond donors (Lipinski definition) is 0. The fourth-order valence-electron chi connectivity index (χ4n) is 1.75. The van der Waals surface area contributed by atoms with Crippen LogP contribution in [0.5, 0.6) is 5.75 Å². The highest BCUT2D eigenvalue weighted by Gasteiger charge is 2.37. The number of amides is 1. The van der Waals surface area contributed by atoms with Gasteiger partial charge in [0.25, 0.3) is 11.7 Å². The predicted molar refractivity (Wildman–Crippen MR) is 64.0 cm³/mol. The van der Waals surface area contributed by atoms with E-state index in [2.05, 4.69) is 4.98 Å². The number of carbonyl (C=O) groups is 2. The van der Waals surface area contributed by atoms with Crippen LogP contribution in [0.1, 0.15) is 13.8 Å². The number of carbonyl (C=O) groups excluding carboxylic acids is 2. The molecule has 19 heavy (non-hydrogen) atoms. The third-order valence-electron chi connectivity index (χ3n) is 2.57. The molecule has 0 N–H and O–H groups in total. The smallest absolute Gasteiger partial charge is 0.366 e. The van der Waals surface area contributed by atoms with Crippen LogP contribution >= 0.6 is 0 Å². The molecule has 0 radical (unpaired) electrons. The summed E-state index contributed by atoms with van der Waals surface area (Å²) in [5.41, 5.74) is 0. The molecule has 8 nitrogen and oxygen atoms in total. The first-order valence-corrected chi connectivity index (χ1v) is 5.53. The predicted octanol–water partition coefficient (Wildman–Crippen LogP) is 0.693. The number of hydrogen-bond acceptors (Lipinski definition) is 6. The maximum Gasteiger partial charge on any atom is 0.366 e. The monoisotopic (exact) mass is 265 g/mol. The third-order valence-corrected chi connectivity index (χ3v) is 2.57. The second kappa shape index (κ2) is 4.63. The van der Waals surface area contributed by atoms with Crippen molar-refractivity contribution in [2.24, 2.45) is 0 Å². The van der Waals surface area contributed by atoms with Crippen molar-refractivity contribution in [1.82, 2.24) is 4.98 Å². The average molecular weight is 265 g/mol. The summed E-state index contributed by atoms with van der Waals surface area (Å²) in [5.74, 6) is -0.845. The van der Waals surface area contributed by atoms with E-state index in [1.165, 1.54) is 19.1 Å². The zero-order chi connectivity index (χ0) is 14.2. The number of ketones is 1. The summed E-state index contributed by atoms with van der Waals surface area (Å²) in [6.45, 7) is 2.68. The quantitative estimate of drug-likeness (QED) is 0.588. The Balaban J connectivity index is 2.50. The lowest BCUT2D eigenvalue weighted by atomic mass is 10.2. The van der Waals surface area contributed by atoms with Gasteiger partial charge < -0.3 is 14.9 Å². The lowest BCUT2D eigenvalue weighted by molar-refractivity contribution is -0.389. The molecule has 0 saturated carbocycles. The largest absolute Gasteiger partial charge is 0.475 e. The lowest BCUT2D eigenvalue weighted by Crippen LogP contribution is -2.46. The minimum Gasteiger partial charge on any atom is -0.475 e. The Hall–Kier alpha value is -2.51. The number of aromatic nitrogens is 1. The molecule has 100 valence electrons. The first-order chi connectivity index (χ1) is 8.90. The minimum absolute atomic E-state index is 0.00694. The van der Waals surface area contributed by atoms with Gasteiger partial charge in [-0.3, -0.25) is 14.5 Å². The Labute approximate surface area is 108 Å². The van der Waals surface area contributed by atoms with E-state index in [0.29, 0.717) is 0 Å². The normalized spacial score (nSPS) is 17.7. The molecular weight excluding hydrogens is 254 g/mol. The molecule has 0 saturated heterocycles. The summed E-state index contributed by atoms with van der Waals surface area (Å²) in [7, 11) is 0. The van der Waals surface area contributed by atoms with Crippen molar-refractivity contribution >= 4 is 23.3 Å². The number of anilines is 1. The Morgan fingerprint density at radius 2 is 2.26 bits per heavy atom. The van der Waals surface area contributed by atoms with Gasteiger partial charge in [-0.1, -0.05) is 0 Å². The molecule has 0 aromatic carbocycles. The van der Waals surface area contributed by atoms with Gasteiger partial charge >= 0.3 is 5.82 Å². The zero-order valence-electron chi connectivity index (χ0n) is 10.3. The molecule has 0 bridgehead atoms. The number of Topliss-reactive ketones (excluding diaryl/α,β-unsaturated/α-hetero) is 1. The Morgan fingerprint density at radius 3 is 2.84 bits per heavy atom. The summed E-state index contributed by atoms with van der Waals surface area (Å²) < 4.78 is 5.30. The fraction of sp³-hybridized carbons (Fsp3) is 0.364. The molecular formula is C11H11N3O5. The van der Waals surface area contributed by atoms with Gasteiger partial charge in [-0.25, -0.2) is 0 Å². The van der Waals surface area contributed by atoms with Gasteiger partial charge in [0, 0.05) is 6.07 Å². The highest BCUT2D eigenvalue weighted by molar-refractivity contribution is 6.02. The van der Waals surface area contributed by atoms with Crippen LogP contribution in [-0.4, -0.2) is 34.2 Å². The maximum absolute atomic E-state index is 11.9. The van der Waals surface area contributed by atoms with Crippen LogP contribution in [0.15, 0.2) is 12.1 Å². The molecule has 2 rings (SSSR count). The molecule has 2 heterocycles. The van der Waals surface area contributed by atoms with Crippen LogP contribution in [0, 0.1) is 10.1 Å². The van der Waals surface area contributed by atoms with Crippen molar-refractivity contribution in [3.8, 4) is 5.75 Å². The van der Waals surface area contributed by atoms with Crippen molar-refractivity contribution in [2.45, 2.75) is 20.0 Å². The summed E-state index contributed by atoms with van der Waals surface area (Å²) in [6, 6.07) is 2.56. The van der Waals surface area contributed by atoms with Gasteiger partial charge in [-0.15, -0.1) is 0 Å². The second-order valence-electron chi connectivity index (χ2n) is 4.13. The van der Waals surface area contributed by atoms with E-state index in [0.717, 1.165) is 4.90 Å². The summed E-state index contributed by atoms with van der Waals surface area (Å²) >= 11 is 0. The first kappa shape index (κ1) is 12.9. The first-order valence-electron chi connectivity index (χ1n) is 5.53. The number of nitrogens with zero attached hydrogens (tertiary/aromatic N) is 3. The standard InChI is InChI=1S/C11H11N3O5/c1-6(15)5-13-10-8(19-7(2)11(13)16)3-4-9(12-10)14(17)18/h3-4,7H,5H2,1-2H3. The minimum atomic E-state index is -0.755. The Kier molecular flexibility index (Phi) is 3.16. The molecule has 1 aromatic rings. The van der Waals surface area contributed by atoms with Crippen LogP contribution in [0.2, 0.25) is 0 Å². The summed E-state index contributed by atoms with van der Waals surface area (Å²) in [5, 5.41) is 10.7. The zero-order valence-corrected chi connectivity index (χ0v) is 10.3. The van der Waals surface area contributed by atoms with Crippen molar-refractivity contribution in [3.05, 3.63) is 22.2 Å². The molecule has 0 fully saturated rings. The summed E-state index contributed by atoms with van der Waals surface area (Å²) in [6.07, 6.45) is -0.755.